The molecule has 8 nitrogen and oxygen atoms in total. The first-order valence-corrected chi connectivity index (χ1v) is 17.9. The largest absolute Gasteiger partial charge is 0.494 e. The monoisotopic (exact) mass is 671 g/mol. The topological polar surface area (TPSA) is 90.4 Å². The number of aliphatic hydroxyl groups excluding tert-OH is 1. The molecule has 4 aliphatic heterocycles. The molecule has 4 aliphatic rings. The van der Waals surface area contributed by atoms with E-state index in [9.17, 15) is 9.90 Å². The van der Waals surface area contributed by atoms with Crippen LogP contribution < -0.4 is 9.64 Å². The SMILES string of the molecule is CCOc1ccc(N2CC=C[C@@]3(C)S[C@]45C=CCN(C(C)(C)CC(C)(C)C)C(=O)C4N([C@H](CO)c4ccccc4)C(=O)[C@@H]5[C@H]3C2=O)cc1. The van der Waals surface area contributed by atoms with Crippen LogP contribution in [0.3, 0.4) is 0 Å². The summed E-state index contributed by atoms with van der Waals surface area (Å²) in [6.07, 6.45) is 8.92. The molecule has 4 heterocycles. The Labute approximate surface area is 289 Å². The molecule has 6 atom stereocenters. The van der Waals surface area contributed by atoms with E-state index in [0.717, 1.165) is 23.4 Å². The second kappa shape index (κ2) is 12.4. The minimum Gasteiger partial charge on any atom is -0.494 e. The highest BCUT2D eigenvalue weighted by Crippen LogP contribution is 2.66. The lowest BCUT2D eigenvalue weighted by atomic mass is 9.74. The summed E-state index contributed by atoms with van der Waals surface area (Å²) in [6.45, 7) is 15.6. The average Bonchev–Trinajstić information content (AvgIpc) is 3.28. The molecule has 0 bridgehead atoms. The van der Waals surface area contributed by atoms with E-state index in [0.29, 0.717) is 19.7 Å². The summed E-state index contributed by atoms with van der Waals surface area (Å²) in [5.41, 5.74) is 0.910. The Morgan fingerprint density at radius 1 is 0.896 bits per heavy atom. The number of ether oxygens (including phenoxy) is 1. The molecule has 3 amide bonds. The molecule has 2 aromatic carbocycles. The number of hydrogen-bond acceptors (Lipinski definition) is 6. The average molecular weight is 672 g/mol. The molecule has 2 aromatic rings. The molecule has 256 valence electrons. The lowest BCUT2D eigenvalue weighted by Gasteiger charge is -2.45. The molecule has 1 N–H and O–H groups in total. The van der Waals surface area contributed by atoms with E-state index < -0.39 is 39.0 Å². The number of anilines is 1. The van der Waals surface area contributed by atoms with Gasteiger partial charge in [0.15, 0.2) is 0 Å². The lowest BCUT2D eigenvalue weighted by molar-refractivity contribution is -0.149. The van der Waals surface area contributed by atoms with Crippen molar-refractivity contribution in [2.75, 3.05) is 31.2 Å². The van der Waals surface area contributed by atoms with Gasteiger partial charge in [-0.05, 0) is 69.4 Å². The van der Waals surface area contributed by atoms with Crippen LogP contribution >= 0.6 is 11.8 Å². The van der Waals surface area contributed by atoms with Crippen molar-refractivity contribution in [3.63, 3.8) is 0 Å². The predicted molar refractivity (Wildman–Crippen MR) is 191 cm³/mol. The molecular formula is C39H49N3O5S. The molecule has 0 radical (unpaired) electrons. The van der Waals surface area contributed by atoms with E-state index in [1.165, 1.54) is 0 Å². The van der Waals surface area contributed by atoms with Crippen molar-refractivity contribution in [2.24, 2.45) is 17.3 Å². The summed E-state index contributed by atoms with van der Waals surface area (Å²) in [5.74, 6) is -1.40. The number of thioether (sulfide) groups is 1. The highest BCUT2D eigenvalue weighted by atomic mass is 32.2. The number of nitrogens with zero attached hydrogens (tertiary/aromatic N) is 3. The predicted octanol–water partition coefficient (Wildman–Crippen LogP) is 6.02. The van der Waals surface area contributed by atoms with Gasteiger partial charge in [0.25, 0.3) is 0 Å². The minimum atomic E-state index is -1.02. The number of carbonyl (C=O) groups excluding carboxylic acids is 3. The van der Waals surface area contributed by atoms with Crippen LogP contribution in [0.15, 0.2) is 78.9 Å². The standard InChI is InChI=1S/C39H49N3O5S/c1-8-47-28-18-16-27(17-19-28)40-22-12-20-38(7)30(33(40)44)31-34(45)42(29(24-43)26-14-10-9-11-15-26)32-35(46)41(23-13-21-39(31,32)48-38)37(5,6)25-36(2,3)4/h9-21,29-32,43H,8,22-25H2,1-7H3/t29-,30+,31+,32?,38-,39+/m1/s1. The molecule has 1 spiro atoms. The number of benzene rings is 2. The van der Waals surface area contributed by atoms with Gasteiger partial charge in [-0.25, -0.2) is 0 Å². The van der Waals surface area contributed by atoms with Gasteiger partial charge in [-0.15, -0.1) is 11.8 Å². The lowest BCUT2D eigenvalue weighted by Crippen LogP contribution is -2.59. The molecule has 2 fully saturated rings. The second-order valence-electron chi connectivity index (χ2n) is 15.5. The van der Waals surface area contributed by atoms with Crippen LogP contribution in [0.25, 0.3) is 0 Å². The Balaban J connectivity index is 1.49. The minimum absolute atomic E-state index is 0.0484. The molecule has 2 saturated heterocycles. The summed E-state index contributed by atoms with van der Waals surface area (Å²) in [4.78, 5) is 50.5. The van der Waals surface area contributed by atoms with Crippen molar-refractivity contribution < 1.29 is 24.2 Å². The van der Waals surface area contributed by atoms with Gasteiger partial charge in [0, 0.05) is 29.1 Å². The molecule has 0 aliphatic carbocycles. The number of likely N-dealkylation sites (tertiary alicyclic amines) is 1. The highest BCUT2D eigenvalue weighted by molar-refractivity contribution is 8.02. The first kappa shape index (κ1) is 34.3. The first-order chi connectivity index (χ1) is 22.7. The molecule has 9 heteroatoms. The normalized spacial score (nSPS) is 29.4. The second-order valence-corrected chi connectivity index (χ2v) is 17.3. The van der Waals surface area contributed by atoms with E-state index in [1.807, 2.05) is 85.5 Å². The van der Waals surface area contributed by atoms with Crippen LogP contribution in [0.5, 0.6) is 5.75 Å². The third-order valence-corrected chi connectivity index (χ3v) is 12.1. The zero-order valence-corrected chi connectivity index (χ0v) is 30.0. The Morgan fingerprint density at radius 3 is 2.19 bits per heavy atom. The summed E-state index contributed by atoms with van der Waals surface area (Å²) < 4.78 is 3.87. The van der Waals surface area contributed by atoms with Crippen molar-refractivity contribution in [1.82, 2.24) is 9.80 Å². The Morgan fingerprint density at radius 2 is 1.56 bits per heavy atom. The number of hydrogen-bond donors (Lipinski definition) is 1. The van der Waals surface area contributed by atoms with Crippen LogP contribution in [0.4, 0.5) is 5.69 Å². The van der Waals surface area contributed by atoms with E-state index >= 15 is 9.59 Å². The van der Waals surface area contributed by atoms with Crippen molar-refractivity contribution >= 4 is 35.2 Å². The molecule has 1 unspecified atom stereocenters. The van der Waals surface area contributed by atoms with Gasteiger partial charge in [0.05, 0.1) is 35.8 Å². The molecule has 0 saturated carbocycles. The van der Waals surface area contributed by atoms with Gasteiger partial charge >= 0.3 is 0 Å². The zero-order valence-electron chi connectivity index (χ0n) is 29.2. The van der Waals surface area contributed by atoms with Crippen LogP contribution in [-0.4, -0.2) is 80.0 Å². The zero-order chi connectivity index (χ0) is 34.6. The van der Waals surface area contributed by atoms with Gasteiger partial charge in [-0.3, -0.25) is 14.4 Å². The Hall–Kier alpha value is -3.56. The summed E-state index contributed by atoms with van der Waals surface area (Å²) in [5, 5.41) is 10.9. The fourth-order valence-corrected chi connectivity index (χ4v) is 11.0. The van der Waals surface area contributed by atoms with E-state index in [2.05, 4.69) is 46.8 Å². The fourth-order valence-electron chi connectivity index (χ4n) is 8.89. The van der Waals surface area contributed by atoms with Gasteiger partial charge in [-0.1, -0.05) is 75.4 Å². The number of fused-ring (bicyclic) bond motifs is 2. The summed E-state index contributed by atoms with van der Waals surface area (Å²) in [6, 6.07) is 15.2. The van der Waals surface area contributed by atoms with E-state index in [-0.39, 0.29) is 29.7 Å². The fraction of sp³-hybridized carbons (Fsp3) is 0.513. The van der Waals surface area contributed by atoms with Gasteiger partial charge in [0.2, 0.25) is 17.7 Å². The van der Waals surface area contributed by atoms with Gasteiger partial charge in [0.1, 0.15) is 11.8 Å². The molecular weight excluding hydrogens is 623 g/mol. The van der Waals surface area contributed by atoms with Crippen molar-refractivity contribution in [3.8, 4) is 5.75 Å². The molecule has 48 heavy (non-hydrogen) atoms. The Bertz CT molecular complexity index is 1620. The van der Waals surface area contributed by atoms with Gasteiger partial charge < -0.3 is 24.5 Å². The van der Waals surface area contributed by atoms with E-state index in [4.69, 9.17) is 4.74 Å². The first-order valence-electron chi connectivity index (χ1n) is 17.1. The maximum absolute atomic E-state index is 15.2. The van der Waals surface area contributed by atoms with Crippen molar-refractivity contribution in [1.29, 1.82) is 0 Å². The number of rotatable bonds is 8. The maximum Gasteiger partial charge on any atom is 0.247 e. The Kier molecular flexibility index (Phi) is 8.86. The summed E-state index contributed by atoms with van der Waals surface area (Å²) in [7, 11) is 0. The van der Waals surface area contributed by atoms with Crippen LogP contribution in [0.1, 0.15) is 66.5 Å². The number of amides is 3. The smallest absolute Gasteiger partial charge is 0.247 e. The van der Waals surface area contributed by atoms with E-state index in [1.54, 1.807) is 21.6 Å². The summed E-state index contributed by atoms with van der Waals surface area (Å²) >= 11 is 1.56. The number of aliphatic hydroxyl groups is 1. The van der Waals surface area contributed by atoms with Crippen LogP contribution in [0.2, 0.25) is 0 Å². The highest BCUT2D eigenvalue weighted by Gasteiger charge is 2.75. The molecule has 0 aromatic heterocycles. The van der Waals surface area contributed by atoms with Crippen molar-refractivity contribution in [3.05, 3.63) is 84.5 Å². The maximum atomic E-state index is 15.2. The van der Waals surface area contributed by atoms with Crippen LogP contribution in [0, 0.1) is 17.3 Å². The van der Waals surface area contributed by atoms with Crippen LogP contribution in [-0.2, 0) is 14.4 Å². The third-order valence-electron chi connectivity index (χ3n) is 10.3. The van der Waals surface area contributed by atoms with Crippen molar-refractivity contribution in [2.45, 2.75) is 82.0 Å². The number of carbonyl (C=O) groups is 3. The molecule has 6 rings (SSSR count). The third kappa shape index (κ3) is 5.66. The van der Waals surface area contributed by atoms with Gasteiger partial charge in [-0.2, -0.15) is 0 Å². The quantitative estimate of drug-likeness (QED) is 0.345.